The fraction of sp³-hybridized carbons (Fsp3) is 0.405. The van der Waals surface area contributed by atoms with Gasteiger partial charge in [0.1, 0.15) is 24.3 Å². The summed E-state index contributed by atoms with van der Waals surface area (Å²) in [4.78, 5) is 51.9. The second-order valence-electron chi connectivity index (χ2n) is 13.5. The Morgan fingerprint density at radius 2 is 1.73 bits per heavy atom. The number of hydrogen-bond acceptors (Lipinski definition) is 7. The third-order valence-corrected chi connectivity index (χ3v) is 8.15. The van der Waals surface area contributed by atoms with Gasteiger partial charge in [0.05, 0.1) is 12.1 Å². The van der Waals surface area contributed by atoms with E-state index in [0.717, 1.165) is 23.8 Å². The van der Waals surface area contributed by atoms with Crippen molar-refractivity contribution in [3.8, 4) is 11.1 Å². The van der Waals surface area contributed by atoms with Crippen molar-refractivity contribution >= 4 is 23.7 Å². The zero-order valence-corrected chi connectivity index (χ0v) is 29.4. The third-order valence-electron chi connectivity index (χ3n) is 8.15. The van der Waals surface area contributed by atoms with Crippen LogP contribution in [0.15, 0.2) is 73.1 Å². The molecular weight excluding hydrogens is 662 g/mol. The number of carboxylic acid groups (broad SMARTS) is 1. The van der Waals surface area contributed by atoms with Gasteiger partial charge in [0, 0.05) is 61.3 Å². The average Bonchev–Trinajstić information content (AvgIpc) is 3.46. The first kappa shape index (κ1) is 40.4. The van der Waals surface area contributed by atoms with E-state index in [1.807, 2.05) is 55.7 Å². The molecular formula is C37H48F2N6O6. The van der Waals surface area contributed by atoms with Crippen molar-refractivity contribution in [1.29, 1.82) is 0 Å². The predicted molar refractivity (Wildman–Crippen MR) is 189 cm³/mol. The van der Waals surface area contributed by atoms with Crippen molar-refractivity contribution in [1.82, 2.24) is 25.4 Å². The molecule has 1 aromatic heterocycles. The topological polar surface area (TPSA) is 179 Å². The van der Waals surface area contributed by atoms with Crippen molar-refractivity contribution in [2.24, 2.45) is 11.1 Å². The van der Waals surface area contributed by atoms with Gasteiger partial charge in [-0.15, -0.1) is 0 Å². The summed E-state index contributed by atoms with van der Waals surface area (Å²) in [7, 11) is 0. The van der Waals surface area contributed by atoms with E-state index in [-0.39, 0.29) is 31.5 Å². The quantitative estimate of drug-likeness (QED) is 0.116. The Balaban J connectivity index is 1.89. The Kier molecular flexibility index (Phi) is 14.4. The monoisotopic (exact) mass is 710 g/mol. The molecule has 0 radical (unpaired) electrons. The number of nitrogens with one attached hydrogen (secondary N) is 3. The van der Waals surface area contributed by atoms with Crippen LogP contribution in [0.3, 0.4) is 0 Å². The standard InChI is InChI=1S/C37H48F2N6O6/c1-23(2)41-15-13-32(47)42-19-30(36(50)51)43-35(49)29(40)14-16-45(33(48)22-46)34(37(3,4)5)31-17-25(27-18-26(38)11-12-28(27)39)21-44(31)20-24-9-7-6-8-10-24/h6-12,17-18,21,29-30,34,41,46H,1,13-16,19-20,22,40H2,2-5H3,(H,42,47)(H,43,49)(H,50,51)/t29-,30+,34-/m0/s1. The van der Waals surface area contributed by atoms with Crippen molar-refractivity contribution in [3.05, 3.63) is 96.0 Å². The SMILES string of the molecule is C=C(C)NCCC(=O)NC[C@@H](NC(=O)[C@@H](N)CCN(C(=O)CO)[C@@H](c1cc(-c2cc(F)ccc2F)cn1Cc1ccccc1)C(C)(C)C)C(=O)O. The molecule has 0 fully saturated rings. The first-order valence-electron chi connectivity index (χ1n) is 16.6. The van der Waals surface area contributed by atoms with Crippen LogP contribution in [0.4, 0.5) is 8.78 Å². The summed E-state index contributed by atoms with van der Waals surface area (Å²) >= 11 is 0. The summed E-state index contributed by atoms with van der Waals surface area (Å²) in [5.74, 6) is -4.55. The maximum Gasteiger partial charge on any atom is 0.328 e. The van der Waals surface area contributed by atoms with Gasteiger partial charge in [-0.2, -0.15) is 0 Å². The molecule has 3 amide bonds. The highest BCUT2D eigenvalue weighted by Gasteiger charge is 2.37. The maximum absolute atomic E-state index is 15.0. The fourth-order valence-electron chi connectivity index (χ4n) is 5.68. The molecule has 0 aliphatic carbocycles. The number of aliphatic hydroxyl groups is 1. The molecule has 0 saturated carbocycles. The Morgan fingerprint density at radius 3 is 2.33 bits per heavy atom. The molecule has 0 unspecified atom stereocenters. The van der Waals surface area contributed by atoms with E-state index in [1.165, 1.54) is 4.90 Å². The Hall–Kier alpha value is -5.08. The lowest BCUT2D eigenvalue weighted by Gasteiger charge is -2.41. The van der Waals surface area contributed by atoms with Crippen molar-refractivity contribution < 1.29 is 38.2 Å². The largest absolute Gasteiger partial charge is 0.480 e. The number of nitrogens with two attached hydrogens (primary N) is 1. The van der Waals surface area contributed by atoms with E-state index in [1.54, 1.807) is 19.2 Å². The van der Waals surface area contributed by atoms with Gasteiger partial charge in [-0.25, -0.2) is 13.6 Å². The molecule has 0 saturated heterocycles. The number of carboxylic acids is 1. The van der Waals surface area contributed by atoms with E-state index in [2.05, 4.69) is 22.5 Å². The molecule has 14 heteroatoms. The van der Waals surface area contributed by atoms with Crippen LogP contribution in [0.1, 0.15) is 57.8 Å². The molecule has 7 N–H and O–H groups in total. The van der Waals surface area contributed by atoms with Gasteiger partial charge < -0.3 is 41.4 Å². The van der Waals surface area contributed by atoms with Gasteiger partial charge in [0.15, 0.2) is 0 Å². The zero-order valence-electron chi connectivity index (χ0n) is 29.4. The van der Waals surface area contributed by atoms with E-state index in [4.69, 9.17) is 5.73 Å². The minimum Gasteiger partial charge on any atom is -0.480 e. The molecule has 51 heavy (non-hydrogen) atoms. The van der Waals surface area contributed by atoms with E-state index in [0.29, 0.717) is 30.0 Å². The first-order chi connectivity index (χ1) is 24.0. The fourth-order valence-corrected chi connectivity index (χ4v) is 5.68. The Bertz CT molecular complexity index is 1690. The number of amides is 3. The van der Waals surface area contributed by atoms with Crippen LogP contribution in [-0.2, 0) is 25.7 Å². The van der Waals surface area contributed by atoms with Gasteiger partial charge in [-0.05, 0) is 48.6 Å². The van der Waals surface area contributed by atoms with E-state index >= 15 is 4.39 Å². The lowest BCUT2D eigenvalue weighted by molar-refractivity contribution is -0.142. The number of hydrogen-bond donors (Lipinski definition) is 6. The summed E-state index contributed by atoms with van der Waals surface area (Å²) in [5.41, 5.74) is 8.04. The third kappa shape index (κ3) is 11.7. The van der Waals surface area contributed by atoms with Crippen LogP contribution in [0.25, 0.3) is 11.1 Å². The van der Waals surface area contributed by atoms with E-state index in [9.17, 15) is 33.8 Å². The zero-order chi connectivity index (χ0) is 37.9. The molecule has 0 bridgehead atoms. The molecule has 1 heterocycles. The minimum absolute atomic E-state index is 0.0298. The average molecular weight is 711 g/mol. The molecule has 2 aromatic carbocycles. The highest BCUT2D eigenvalue weighted by Crippen LogP contribution is 2.41. The molecule has 0 aliphatic rings. The molecule has 0 spiro atoms. The molecule has 3 rings (SSSR count). The van der Waals surface area contributed by atoms with Crippen molar-refractivity contribution in [3.63, 3.8) is 0 Å². The number of benzene rings is 2. The normalized spacial score (nSPS) is 13.1. The molecule has 0 aliphatic heterocycles. The summed E-state index contributed by atoms with van der Waals surface area (Å²) in [6, 6.07) is 10.8. The van der Waals surface area contributed by atoms with Crippen LogP contribution >= 0.6 is 0 Å². The smallest absolute Gasteiger partial charge is 0.328 e. The van der Waals surface area contributed by atoms with Crippen LogP contribution in [0.5, 0.6) is 0 Å². The lowest BCUT2D eigenvalue weighted by atomic mass is 9.82. The number of allylic oxidation sites excluding steroid dienone is 1. The maximum atomic E-state index is 15.0. The second-order valence-corrected chi connectivity index (χ2v) is 13.5. The summed E-state index contributed by atoms with van der Waals surface area (Å²) in [6.07, 6.45) is 1.62. The number of aliphatic hydroxyl groups excluding tert-OH is 1. The Labute approximate surface area is 296 Å². The highest BCUT2D eigenvalue weighted by atomic mass is 19.1. The number of aromatic nitrogens is 1. The number of aliphatic carboxylic acids is 1. The van der Waals surface area contributed by atoms with Gasteiger partial charge in [-0.3, -0.25) is 14.4 Å². The van der Waals surface area contributed by atoms with Gasteiger partial charge in [-0.1, -0.05) is 57.7 Å². The van der Waals surface area contributed by atoms with Crippen LogP contribution < -0.4 is 21.7 Å². The number of nitrogens with zero attached hydrogens (tertiary/aromatic N) is 2. The van der Waals surface area contributed by atoms with E-state index < -0.39 is 65.5 Å². The van der Waals surface area contributed by atoms with Gasteiger partial charge >= 0.3 is 5.97 Å². The second kappa shape index (κ2) is 18.2. The number of carbonyl (C=O) groups excluding carboxylic acids is 3. The number of rotatable bonds is 18. The predicted octanol–water partition coefficient (Wildman–Crippen LogP) is 3.31. The van der Waals surface area contributed by atoms with Crippen LogP contribution in [-0.4, -0.2) is 81.7 Å². The summed E-state index contributed by atoms with van der Waals surface area (Å²) in [5, 5.41) is 27.4. The molecule has 12 nitrogen and oxygen atoms in total. The van der Waals surface area contributed by atoms with Gasteiger partial charge in [0.25, 0.3) is 0 Å². The number of halogens is 2. The van der Waals surface area contributed by atoms with Crippen molar-refractivity contribution in [2.45, 2.75) is 65.2 Å². The molecule has 3 aromatic rings. The summed E-state index contributed by atoms with van der Waals surface area (Å²) in [6.45, 7) is 10.3. The van der Waals surface area contributed by atoms with Crippen LogP contribution in [0.2, 0.25) is 0 Å². The van der Waals surface area contributed by atoms with Crippen molar-refractivity contribution in [2.75, 3.05) is 26.2 Å². The number of carbonyl (C=O) groups is 4. The van der Waals surface area contributed by atoms with Crippen LogP contribution in [0, 0.1) is 17.0 Å². The molecule has 3 atom stereocenters. The Morgan fingerprint density at radius 1 is 1.04 bits per heavy atom. The first-order valence-corrected chi connectivity index (χ1v) is 16.6. The minimum atomic E-state index is -1.47. The molecule has 276 valence electrons. The summed E-state index contributed by atoms with van der Waals surface area (Å²) < 4.78 is 31.1. The lowest BCUT2D eigenvalue weighted by Crippen LogP contribution is -2.54. The highest BCUT2D eigenvalue weighted by molar-refractivity contribution is 5.87. The van der Waals surface area contributed by atoms with Gasteiger partial charge in [0.2, 0.25) is 17.7 Å².